The normalized spacial score (nSPS) is 11.5. The largest absolute Gasteiger partial charge is 0.456 e. The first-order chi connectivity index (χ1) is 31.2. The first kappa shape index (κ1) is 36.8. The van der Waals surface area contributed by atoms with Crippen LogP contribution in [0.25, 0.3) is 97.7 Å². The maximum absolute atomic E-state index is 6.31. The molecule has 2 heterocycles. The zero-order valence-electron chi connectivity index (χ0n) is 34.3. The Balaban J connectivity index is 1.05. The second-order valence-corrected chi connectivity index (χ2v) is 17.1. The highest BCUT2D eigenvalue weighted by Crippen LogP contribution is 2.49. The van der Waals surface area contributed by atoms with Crippen LogP contribution in [0.4, 0.5) is 17.1 Å². The summed E-state index contributed by atoms with van der Waals surface area (Å²) in [5.41, 5.74) is 16.7. The summed E-state index contributed by atoms with van der Waals surface area (Å²) in [4.78, 5) is 2.43. The summed E-state index contributed by atoms with van der Waals surface area (Å²) in [6.45, 7) is 0. The fourth-order valence-electron chi connectivity index (χ4n) is 9.38. The van der Waals surface area contributed by atoms with E-state index in [-0.39, 0.29) is 0 Å². The van der Waals surface area contributed by atoms with E-state index in [0.29, 0.717) is 0 Å². The SMILES string of the molecule is c1ccc(-c2ccccc2-c2c(-c3ccccc3)cccc2N(c2ccc(-c3ccc4sc5ccccc5c4c3)cc2)c2ccc(-c3cccc4oc5ccccc5c34)cc2)cc1. The van der Waals surface area contributed by atoms with Crippen LogP contribution in [0.1, 0.15) is 0 Å². The first-order valence-electron chi connectivity index (χ1n) is 21.4. The Morgan fingerprint density at radius 3 is 1.60 bits per heavy atom. The molecule has 0 spiro atoms. The van der Waals surface area contributed by atoms with Crippen LogP contribution in [0.2, 0.25) is 0 Å². The van der Waals surface area contributed by atoms with Crippen molar-refractivity contribution in [1.29, 1.82) is 0 Å². The standard InChI is InChI=1S/C60H39NOS/c1-3-15-41(16-4-1)47-19-7-8-21-51(47)59-48(42-17-5-2-6-18-42)23-13-25-54(59)61(45-34-29-40(30-35-45)44-33-38-58-53(39-44)50-20-10-12-28-57(50)63-58)46-36-31-43(32-37-46)49-24-14-27-56-60(49)52-22-9-11-26-55(52)62-56/h1-39H. The molecule has 2 nitrogen and oxygen atoms in total. The van der Waals surface area contributed by atoms with E-state index in [2.05, 4.69) is 229 Å². The zero-order chi connectivity index (χ0) is 41.7. The van der Waals surface area contributed by atoms with Gasteiger partial charge in [0, 0.05) is 47.9 Å². The number of thiophene rings is 1. The lowest BCUT2D eigenvalue weighted by molar-refractivity contribution is 0.669. The van der Waals surface area contributed by atoms with E-state index in [1.54, 1.807) is 0 Å². The van der Waals surface area contributed by atoms with Crippen LogP contribution < -0.4 is 4.90 Å². The highest BCUT2D eigenvalue weighted by molar-refractivity contribution is 7.25. The number of benzene rings is 10. The van der Waals surface area contributed by atoms with E-state index >= 15 is 0 Å². The second-order valence-electron chi connectivity index (χ2n) is 16.0. The van der Waals surface area contributed by atoms with Crippen molar-refractivity contribution in [2.45, 2.75) is 0 Å². The van der Waals surface area contributed by atoms with Gasteiger partial charge in [-0.15, -0.1) is 11.3 Å². The molecule has 0 saturated carbocycles. The molecule has 63 heavy (non-hydrogen) atoms. The van der Waals surface area contributed by atoms with Gasteiger partial charge in [-0.25, -0.2) is 0 Å². The van der Waals surface area contributed by atoms with E-state index in [1.807, 2.05) is 23.5 Å². The fourth-order valence-corrected chi connectivity index (χ4v) is 10.5. The number of hydrogen-bond donors (Lipinski definition) is 0. The summed E-state index contributed by atoms with van der Waals surface area (Å²) in [5.74, 6) is 0. The number of furan rings is 1. The first-order valence-corrected chi connectivity index (χ1v) is 22.2. The molecule has 0 bridgehead atoms. The summed E-state index contributed by atoms with van der Waals surface area (Å²) in [6.07, 6.45) is 0. The van der Waals surface area contributed by atoms with Crippen molar-refractivity contribution in [1.82, 2.24) is 0 Å². The van der Waals surface area contributed by atoms with E-state index in [4.69, 9.17) is 4.42 Å². The molecule has 12 aromatic rings. The summed E-state index contributed by atoms with van der Waals surface area (Å²) in [6, 6.07) is 85.5. The Morgan fingerprint density at radius 1 is 0.317 bits per heavy atom. The smallest absolute Gasteiger partial charge is 0.136 e. The number of anilines is 3. The molecule has 0 aliphatic rings. The Bertz CT molecular complexity index is 3600. The Morgan fingerprint density at radius 2 is 0.841 bits per heavy atom. The van der Waals surface area contributed by atoms with Gasteiger partial charge in [-0.1, -0.05) is 176 Å². The third-order valence-electron chi connectivity index (χ3n) is 12.3. The molecule has 0 radical (unpaired) electrons. The molecule has 296 valence electrons. The van der Waals surface area contributed by atoms with Gasteiger partial charge in [-0.3, -0.25) is 0 Å². The summed E-state index contributed by atoms with van der Waals surface area (Å²) in [7, 11) is 0. The molecule has 12 rings (SSSR count). The summed E-state index contributed by atoms with van der Waals surface area (Å²) < 4.78 is 8.93. The number of rotatable bonds is 8. The minimum Gasteiger partial charge on any atom is -0.456 e. The topological polar surface area (TPSA) is 16.4 Å². The summed E-state index contributed by atoms with van der Waals surface area (Å²) >= 11 is 1.85. The molecular weight excluding hydrogens is 783 g/mol. The molecule has 0 saturated heterocycles. The quantitative estimate of drug-likeness (QED) is 0.152. The van der Waals surface area contributed by atoms with Crippen molar-refractivity contribution in [2.75, 3.05) is 4.90 Å². The third kappa shape index (κ3) is 6.50. The Kier molecular flexibility index (Phi) is 9.06. The van der Waals surface area contributed by atoms with Gasteiger partial charge in [0.1, 0.15) is 11.2 Å². The average molecular weight is 822 g/mol. The van der Waals surface area contributed by atoms with Crippen molar-refractivity contribution in [3.63, 3.8) is 0 Å². The molecule has 0 aliphatic heterocycles. The van der Waals surface area contributed by atoms with Crippen molar-refractivity contribution >= 4 is 70.5 Å². The van der Waals surface area contributed by atoms with Crippen LogP contribution in [-0.4, -0.2) is 0 Å². The van der Waals surface area contributed by atoms with Gasteiger partial charge in [-0.2, -0.15) is 0 Å². The minimum atomic E-state index is 0.894. The highest BCUT2D eigenvalue weighted by Gasteiger charge is 2.23. The number of hydrogen-bond acceptors (Lipinski definition) is 3. The molecule has 0 aliphatic carbocycles. The van der Waals surface area contributed by atoms with Crippen molar-refractivity contribution < 1.29 is 4.42 Å². The van der Waals surface area contributed by atoms with E-state index in [1.165, 1.54) is 64.7 Å². The van der Waals surface area contributed by atoms with Gasteiger partial charge in [0.2, 0.25) is 0 Å². The van der Waals surface area contributed by atoms with Crippen LogP contribution in [-0.2, 0) is 0 Å². The van der Waals surface area contributed by atoms with E-state index in [0.717, 1.165) is 50.1 Å². The van der Waals surface area contributed by atoms with Gasteiger partial charge in [0.25, 0.3) is 0 Å². The van der Waals surface area contributed by atoms with E-state index < -0.39 is 0 Å². The van der Waals surface area contributed by atoms with Gasteiger partial charge in [0.15, 0.2) is 0 Å². The number of fused-ring (bicyclic) bond motifs is 6. The molecular formula is C60H39NOS. The van der Waals surface area contributed by atoms with Crippen molar-refractivity contribution in [2.24, 2.45) is 0 Å². The van der Waals surface area contributed by atoms with Crippen LogP contribution in [0.3, 0.4) is 0 Å². The predicted molar refractivity (Wildman–Crippen MR) is 268 cm³/mol. The highest BCUT2D eigenvalue weighted by atomic mass is 32.1. The van der Waals surface area contributed by atoms with Gasteiger partial charge >= 0.3 is 0 Å². The molecule has 3 heteroatoms. The molecule has 2 aromatic heterocycles. The van der Waals surface area contributed by atoms with Gasteiger partial charge < -0.3 is 9.32 Å². The monoisotopic (exact) mass is 821 g/mol. The van der Waals surface area contributed by atoms with E-state index in [9.17, 15) is 0 Å². The lowest BCUT2D eigenvalue weighted by Gasteiger charge is -2.30. The third-order valence-corrected chi connectivity index (χ3v) is 13.5. The van der Waals surface area contributed by atoms with Gasteiger partial charge in [-0.05, 0) is 111 Å². The molecule has 0 N–H and O–H groups in total. The maximum atomic E-state index is 6.31. The Labute approximate surface area is 370 Å². The molecule has 10 aromatic carbocycles. The minimum absolute atomic E-state index is 0.894. The number of para-hydroxylation sites is 1. The van der Waals surface area contributed by atoms with Crippen molar-refractivity contribution in [3.8, 4) is 55.6 Å². The van der Waals surface area contributed by atoms with Crippen LogP contribution in [0.5, 0.6) is 0 Å². The lowest BCUT2D eigenvalue weighted by Crippen LogP contribution is -2.12. The molecule has 0 unspecified atom stereocenters. The molecule has 0 fully saturated rings. The lowest BCUT2D eigenvalue weighted by atomic mass is 9.87. The molecule has 0 amide bonds. The van der Waals surface area contributed by atoms with Crippen LogP contribution in [0.15, 0.2) is 241 Å². The predicted octanol–water partition coefficient (Wildman–Crippen LogP) is 17.8. The van der Waals surface area contributed by atoms with Gasteiger partial charge in [0.05, 0.1) is 5.69 Å². The second kappa shape index (κ2) is 15.5. The fraction of sp³-hybridized carbons (Fsp3) is 0. The number of nitrogens with zero attached hydrogens (tertiary/aromatic N) is 1. The van der Waals surface area contributed by atoms with Crippen molar-refractivity contribution in [3.05, 3.63) is 237 Å². The zero-order valence-corrected chi connectivity index (χ0v) is 35.1. The van der Waals surface area contributed by atoms with Crippen LogP contribution in [0, 0.1) is 0 Å². The average Bonchev–Trinajstić information content (AvgIpc) is 3.93. The van der Waals surface area contributed by atoms with Crippen LogP contribution >= 0.6 is 11.3 Å². The maximum Gasteiger partial charge on any atom is 0.136 e. The Hall–Kier alpha value is -7.98. The summed E-state index contributed by atoms with van der Waals surface area (Å²) in [5, 5.41) is 4.87. The molecule has 0 atom stereocenters.